The molecule has 2 aromatic carbocycles. The van der Waals surface area contributed by atoms with Gasteiger partial charge in [0.25, 0.3) is 10.0 Å². The van der Waals surface area contributed by atoms with Crippen LogP contribution in [0, 0.1) is 6.92 Å². The van der Waals surface area contributed by atoms with Gasteiger partial charge in [-0.3, -0.25) is 4.31 Å². The van der Waals surface area contributed by atoms with Gasteiger partial charge in [0, 0.05) is 0 Å². The van der Waals surface area contributed by atoms with Gasteiger partial charge in [0.05, 0.1) is 34.2 Å². The van der Waals surface area contributed by atoms with Crippen molar-refractivity contribution < 1.29 is 21.9 Å². The molecule has 1 aliphatic rings. The monoisotopic (exact) mass is 381 g/mol. The largest absolute Gasteiger partial charge is 0.390 e. The lowest BCUT2D eigenvalue weighted by molar-refractivity contribution is 0.184. The van der Waals surface area contributed by atoms with Crippen molar-refractivity contribution in [1.82, 2.24) is 0 Å². The van der Waals surface area contributed by atoms with E-state index in [0.29, 0.717) is 5.69 Å². The predicted molar refractivity (Wildman–Crippen MR) is 95.7 cm³/mol. The molecule has 1 saturated heterocycles. The molecule has 1 heterocycles. The lowest BCUT2D eigenvalue weighted by Gasteiger charge is -2.31. The fourth-order valence-electron chi connectivity index (χ4n) is 2.94. The lowest BCUT2D eigenvalue weighted by atomic mass is 10.2. The zero-order valence-corrected chi connectivity index (χ0v) is 15.2. The molecule has 2 atom stereocenters. The van der Waals surface area contributed by atoms with Crippen LogP contribution in [0.3, 0.4) is 0 Å². The molecular formula is C17H19NO5S2. The van der Waals surface area contributed by atoms with Crippen LogP contribution >= 0.6 is 0 Å². The lowest BCUT2D eigenvalue weighted by Crippen LogP contribution is -2.47. The normalized spacial score (nSPS) is 22.6. The van der Waals surface area contributed by atoms with E-state index in [4.69, 9.17) is 0 Å². The summed E-state index contributed by atoms with van der Waals surface area (Å²) in [6, 6.07) is 13.5. The van der Waals surface area contributed by atoms with Crippen LogP contribution in [-0.4, -0.2) is 45.6 Å². The Bertz CT molecular complexity index is 954. The highest BCUT2D eigenvalue weighted by Crippen LogP contribution is 2.31. The molecule has 2 unspecified atom stereocenters. The third-order valence-electron chi connectivity index (χ3n) is 4.18. The van der Waals surface area contributed by atoms with Gasteiger partial charge in [0.1, 0.15) is 0 Å². The first-order valence-electron chi connectivity index (χ1n) is 7.75. The number of hydrogen-bond acceptors (Lipinski definition) is 5. The Morgan fingerprint density at radius 1 is 1.00 bits per heavy atom. The van der Waals surface area contributed by atoms with Crippen LogP contribution in [0.15, 0.2) is 59.5 Å². The van der Waals surface area contributed by atoms with E-state index in [0.717, 1.165) is 9.87 Å². The highest BCUT2D eigenvalue weighted by molar-refractivity contribution is 7.93. The number of sulfone groups is 1. The number of rotatable bonds is 4. The van der Waals surface area contributed by atoms with E-state index < -0.39 is 43.5 Å². The number of benzene rings is 2. The molecule has 0 spiro atoms. The summed E-state index contributed by atoms with van der Waals surface area (Å²) in [5.41, 5.74) is 1.23. The summed E-state index contributed by atoms with van der Waals surface area (Å²) in [6.07, 6.45) is -1.27. The van der Waals surface area contributed by atoms with E-state index in [1.54, 1.807) is 42.5 Å². The standard InChI is InChI=1S/C17H19NO5S2/c1-13-7-9-15(10-8-13)25(22,23)18(14-5-3-2-4-6-14)16-11-24(20,21)12-17(16)19/h2-10,16-17,19H,11-12H2,1H3. The molecule has 25 heavy (non-hydrogen) atoms. The number of aryl methyl sites for hydroxylation is 1. The first-order chi connectivity index (χ1) is 11.7. The Balaban J connectivity index is 2.13. The molecule has 0 radical (unpaired) electrons. The van der Waals surface area contributed by atoms with Gasteiger partial charge in [0.2, 0.25) is 0 Å². The van der Waals surface area contributed by atoms with Gasteiger partial charge < -0.3 is 5.11 Å². The van der Waals surface area contributed by atoms with E-state index in [1.807, 2.05) is 6.92 Å². The molecule has 3 rings (SSSR count). The Hall–Kier alpha value is -1.90. The number of hydrogen-bond donors (Lipinski definition) is 1. The van der Waals surface area contributed by atoms with Crippen LogP contribution in [0.2, 0.25) is 0 Å². The fraction of sp³-hybridized carbons (Fsp3) is 0.294. The third kappa shape index (κ3) is 3.56. The maximum Gasteiger partial charge on any atom is 0.264 e. The number of nitrogens with zero attached hydrogens (tertiary/aromatic N) is 1. The molecule has 0 bridgehead atoms. The molecule has 0 saturated carbocycles. The van der Waals surface area contributed by atoms with Crippen LogP contribution in [0.4, 0.5) is 5.69 Å². The molecule has 0 amide bonds. The zero-order chi connectivity index (χ0) is 18.2. The molecule has 1 aliphatic heterocycles. The van der Waals surface area contributed by atoms with Crippen LogP contribution < -0.4 is 4.31 Å². The van der Waals surface area contributed by atoms with E-state index >= 15 is 0 Å². The minimum atomic E-state index is -4.03. The third-order valence-corrected chi connectivity index (χ3v) is 7.75. The number of aliphatic hydroxyl groups excluding tert-OH is 1. The summed E-state index contributed by atoms with van der Waals surface area (Å²) in [7, 11) is -7.53. The Morgan fingerprint density at radius 2 is 1.60 bits per heavy atom. The van der Waals surface area contributed by atoms with Crippen molar-refractivity contribution in [1.29, 1.82) is 0 Å². The van der Waals surface area contributed by atoms with Crippen LogP contribution in [0.1, 0.15) is 5.56 Å². The van der Waals surface area contributed by atoms with Crippen molar-refractivity contribution in [3.8, 4) is 0 Å². The summed E-state index contributed by atoms with van der Waals surface area (Å²) in [6.45, 7) is 1.85. The Labute approximate surface area is 147 Å². The molecule has 6 nitrogen and oxygen atoms in total. The first-order valence-corrected chi connectivity index (χ1v) is 11.0. The summed E-state index contributed by atoms with van der Waals surface area (Å²) < 4.78 is 51.3. The topological polar surface area (TPSA) is 91.8 Å². The number of sulfonamides is 1. The summed E-state index contributed by atoms with van der Waals surface area (Å²) >= 11 is 0. The van der Waals surface area contributed by atoms with Gasteiger partial charge in [0.15, 0.2) is 9.84 Å². The Kier molecular flexibility index (Phi) is 4.61. The zero-order valence-electron chi connectivity index (χ0n) is 13.6. The first kappa shape index (κ1) is 17.9. The van der Waals surface area contributed by atoms with E-state index in [-0.39, 0.29) is 4.90 Å². The maximum atomic E-state index is 13.2. The SMILES string of the molecule is Cc1ccc(S(=O)(=O)N(c2ccccc2)C2CS(=O)(=O)CC2O)cc1. The summed E-state index contributed by atoms with van der Waals surface area (Å²) in [5.74, 6) is -0.849. The van der Waals surface area contributed by atoms with E-state index in [1.165, 1.54) is 12.1 Å². The molecule has 0 aromatic heterocycles. The average Bonchev–Trinajstić information content (AvgIpc) is 2.81. The minimum absolute atomic E-state index is 0.0541. The van der Waals surface area contributed by atoms with Crippen molar-refractivity contribution in [3.63, 3.8) is 0 Å². The van der Waals surface area contributed by atoms with Gasteiger partial charge in [-0.2, -0.15) is 0 Å². The van der Waals surface area contributed by atoms with Crippen molar-refractivity contribution in [3.05, 3.63) is 60.2 Å². The number of anilines is 1. The molecular weight excluding hydrogens is 362 g/mol. The van der Waals surface area contributed by atoms with Crippen LogP contribution in [0.5, 0.6) is 0 Å². The van der Waals surface area contributed by atoms with Gasteiger partial charge in [-0.25, -0.2) is 16.8 Å². The van der Waals surface area contributed by atoms with Crippen LogP contribution in [-0.2, 0) is 19.9 Å². The highest BCUT2D eigenvalue weighted by atomic mass is 32.2. The molecule has 0 aliphatic carbocycles. The van der Waals surface area contributed by atoms with Gasteiger partial charge >= 0.3 is 0 Å². The van der Waals surface area contributed by atoms with Gasteiger partial charge in [-0.1, -0.05) is 35.9 Å². The van der Waals surface area contributed by atoms with E-state index in [9.17, 15) is 21.9 Å². The maximum absolute atomic E-state index is 13.2. The molecule has 134 valence electrons. The molecule has 8 heteroatoms. The minimum Gasteiger partial charge on any atom is -0.390 e. The number of para-hydroxylation sites is 1. The smallest absolute Gasteiger partial charge is 0.264 e. The van der Waals surface area contributed by atoms with Gasteiger partial charge in [-0.15, -0.1) is 0 Å². The predicted octanol–water partition coefficient (Wildman–Crippen LogP) is 1.35. The second-order valence-electron chi connectivity index (χ2n) is 6.16. The Morgan fingerprint density at radius 3 is 2.12 bits per heavy atom. The molecule has 1 N–H and O–H groups in total. The fourth-order valence-corrected chi connectivity index (χ4v) is 6.48. The molecule has 2 aromatic rings. The van der Waals surface area contributed by atoms with Crippen molar-refractivity contribution in [2.45, 2.75) is 24.0 Å². The number of aliphatic hydroxyl groups is 1. The van der Waals surface area contributed by atoms with Gasteiger partial charge in [-0.05, 0) is 31.2 Å². The van der Waals surface area contributed by atoms with E-state index in [2.05, 4.69) is 0 Å². The molecule has 1 fully saturated rings. The highest BCUT2D eigenvalue weighted by Gasteiger charge is 2.44. The average molecular weight is 381 g/mol. The summed E-state index contributed by atoms with van der Waals surface area (Å²) in [4.78, 5) is 0.0541. The quantitative estimate of drug-likeness (QED) is 0.863. The van der Waals surface area contributed by atoms with Crippen molar-refractivity contribution in [2.75, 3.05) is 15.8 Å². The van der Waals surface area contributed by atoms with Crippen molar-refractivity contribution in [2.24, 2.45) is 0 Å². The van der Waals surface area contributed by atoms with Crippen molar-refractivity contribution >= 4 is 25.5 Å². The second-order valence-corrected chi connectivity index (χ2v) is 10.1. The summed E-state index contributed by atoms with van der Waals surface area (Å²) in [5, 5.41) is 10.2. The van der Waals surface area contributed by atoms with Crippen LogP contribution in [0.25, 0.3) is 0 Å². The second kappa shape index (κ2) is 6.44.